The van der Waals surface area contributed by atoms with Crippen molar-refractivity contribution in [2.24, 2.45) is 0 Å². The van der Waals surface area contributed by atoms with Crippen molar-refractivity contribution >= 4 is 18.2 Å². The fraction of sp³-hybridized carbons (Fsp3) is 0.800. The van der Waals surface area contributed by atoms with E-state index in [0.29, 0.717) is 32.7 Å². The van der Waals surface area contributed by atoms with Gasteiger partial charge in [0, 0.05) is 38.8 Å². The Kier molecular flexibility index (Phi) is 8.75. The maximum absolute atomic E-state index is 11.1. The maximum atomic E-state index is 11.1. The molecular formula is C15H27N3O5. The summed E-state index contributed by atoms with van der Waals surface area (Å²) in [5.41, 5.74) is 0. The summed E-state index contributed by atoms with van der Waals surface area (Å²) in [5, 5.41) is 18.1. The molecule has 132 valence electrons. The van der Waals surface area contributed by atoms with E-state index in [4.69, 9.17) is 10.2 Å². The molecule has 0 aromatic heterocycles. The summed E-state index contributed by atoms with van der Waals surface area (Å²) in [6.45, 7) is 4.99. The summed E-state index contributed by atoms with van der Waals surface area (Å²) in [7, 11) is 0. The molecule has 1 fully saturated rings. The maximum Gasteiger partial charge on any atom is 0.317 e. The quantitative estimate of drug-likeness (QED) is 0.572. The SMILES string of the molecule is CCCC1CN(CC=O)CCN(CC(=O)O)CCN1CC(=O)O. The average molecular weight is 329 g/mol. The Balaban J connectivity index is 2.89. The van der Waals surface area contributed by atoms with E-state index in [1.165, 1.54) is 0 Å². The van der Waals surface area contributed by atoms with E-state index in [2.05, 4.69) is 0 Å². The average Bonchev–Trinajstić information content (AvgIpc) is 2.52. The third-order valence-corrected chi connectivity index (χ3v) is 4.07. The zero-order valence-electron chi connectivity index (χ0n) is 13.7. The van der Waals surface area contributed by atoms with Crippen LogP contribution in [0.4, 0.5) is 0 Å². The Morgan fingerprint density at radius 1 is 1.04 bits per heavy atom. The number of carbonyl (C=O) groups excluding carboxylic acids is 1. The van der Waals surface area contributed by atoms with Gasteiger partial charge in [0.15, 0.2) is 0 Å². The van der Waals surface area contributed by atoms with Crippen molar-refractivity contribution in [2.45, 2.75) is 25.8 Å². The molecule has 1 aliphatic rings. The van der Waals surface area contributed by atoms with Crippen LogP contribution in [0.1, 0.15) is 19.8 Å². The van der Waals surface area contributed by atoms with E-state index in [1.807, 2.05) is 16.7 Å². The van der Waals surface area contributed by atoms with Crippen LogP contribution in [0.3, 0.4) is 0 Å². The van der Waals surface area contributed by atoms with Crippen LogP contribution in [0, 0.1) is 0 Å². The fourth-order valence-electron chi connectivity index (χ4n) is 2.96. The minimum atomic E-state index is -0.902. The van der Waals surface area contributed by atoms with Crippen LogP contribution < -0.4 is 0 Å². The lowest BCUT2D eigenvalue weighted by Crippen LogP contribution is -2.47. The minimum Gasteiger partial charge on any atom is -0.480 e. The highest BCUT2D eigenvalue weighted by Crippen LogP contribution is 2.12. The highest BCUT2D eigenvalue weighted by molar-refractivity contribution is 5.69. The molecular weight excluding hydrogens is 302 g/mol. The lowest BCUT2D eigenvalue weighted by atomic mass is 10.1. The van der Waals surface area contributed by atoms with Gasteiger partial charge >= 0.3 is 11.9 Å². The Labute approximate surface area is 136 Å². The summed E-state index contributed by atoms with van der Waals surface area (Å²) >= 11 is 0. The Bertz CT molecular complexity index is 405. The molecule has 2 N–H and O–H groups in total. The number of carboxylic acid groups (broad SMARTS) is 2. The van der Waals surface area contributed by atoms with Gasteiger partial charge in [-0.05, 0) is 6.42 Å². The van der Waals surface area contributed by atoms with Crippen molar-refractivity contribution in [3.63, 3.8) is 0 Å². The van der Waals surface area contributed by atoms with Crippen molar-refractivity contribution < 1.29 is 24.6 Å². The molecule has 1 aliphatic heterocycles. The summed E-state index contributed by atoms with van der Waals surface area (Å²) in [4.78, 5) is 38.7. The lowest BCUT2D eigenvalue weighted by Gasteiger charge is -2.33. The first-order valence-electron chi connectivity index (χ1n) is 8.02. The van der Waals surface area contributed by atoms with Crippen molar-refractivity contribution in [1.29, 1.82) is 0 Å². The highest BCUT2D eigenvalue weighted by Gasteiger charge is 2.25. The van der Waals surface area contributed by atoms with Gasteiger partial charge in [-0.1, -0.05) is 13.3 Å². The van der Waals surface area contributed by atoms with Crippen LogP contribution in [0.2, 0.25) is 0 Å². The standard InChI is InChI=1S/C15H27N3O5/c1-2-3-13-10-17(8-9-19)5-4-16(11-14(20)21)6-7-18(13)12-15(22)23/h9,13H,2-8,10-12H2,1H3,(H,20,21)(H,22,23). The molecule has 0 aliphatic carbocycles. The van der Waals surface area contributed by atoms with E-state index in [0.717, 1.165) is 19.1 Å². The van der Waals surface area contributed by atoms with Gasteiger partial charge in [-0.15, -0.1) is 0 Å². The van der Waals surface area contributed by atoms with E-state index >= 15 is 0 Å². The molecule has 0 aromatic carbocycles. The van der Waals surface area contributed by atoms with Gasteiger partial charge in [0.25, 0.3) is 0 Å². The summed E-state index contributed by atoms with van der Waals surface area (Å²) in [6.07, 6.45) is 2.61. The number of rotatable bonds is 8. The predicted molar refractivity (Wildman–Crippen MR) is 84.5 cm³/mol. The normalized spacial score (nSPS) is 22.0. The first kappa shape index (κ1) is 19.5. The van der Waals surface area contributed by atoms with Crippen LogP contribution in [0.15, 0.2) is 0 Å². The number of hydrogen-bond donors (Lipinski definition) is 2. The fourth-order valence-corrected chi connectivity index (χ4v) is 2.96. The second-order valence-corrected chi connectivity index (χ2v) is 5.90. The molecule has 0 bridgehead atoms. The second-order valence-electron chi connectivity index (χ2n) is 5.90. The van der Waals surface area contributed by atoms with Crippen LogP contribution in [0.25, 0.3) is 0 Å². The molecule has 1 atom stereocenters. The molecule has 1 saturated heterocycles. The van der Waals surface area contributed by atoms with Gasteiger partial charge in [-0.25, -0.2) is 0 Å². The van der Waals surface area contributed by atoms with E-state index in [-0.39, 0.29) is 25.7 Å². The van der Waals surface area contributed by atoms with Crippen LogP contribution in [-0.2, 0) is 14.4 Å². The molecule has 0 spiro atoms. The monoisotopic (exact) mass is 329 g/mol. The van der Waals surface area contributed by atoms with E-state index in [1.54, 1.807) is 4.90 Å². The van der Waals surface area contributed by atoms with E-state index in [9.17, 15) is 14.4 Å². The summed E-state index contributed by atoms with van der Waals surface area (Å²) in [6, 6.07) is 0.0563. The van der Waals surface area contributed by atoms with Crippen molar-refractivity contribution in [3.8, 4) is 0 Å². The third-order valence-electron chi connectivity index (χ3n) is 4.07. The zero-order valence-corrected chi connectivity index (χ0v) is 13.7. The van der Waals surface area contributed by atoms with Crippen LogP contribution in [-0.4, -0.2) is 102 Å². The second kappa shape index (κ2) is 10.3. The summed E-state index contributed by atoms with van der Waals surface area (Å²) in [5.74, 6) is -1.79. The number of hydrogen-bond acceptors (Lipinski definition) is 6. The van der Waals surface area contributed by atoms with Crippen molar-refractivity contribution in [1.82, 2.24) is 14.7 Å². The van der Waals surface area contributed by atoms with Crippen LogP contribution in [0.5, 0.6) is 0 Å². The summed E-state index contributed by atoms with van der Waals surface area (Å²) < 4.78 is 0. The first-order chi connectivity index (χ1) is 11.0. The Morgan fingerprint density at radius 2 is 1.65 bits per heavy atom. The minimum absolute atomic E-state index is 0.0563. The number of carbonyl (C=O) groups is 3. The molecule has 0 aromatic rings. The molecule has 8 heteroatoms. The number of aliphatic carboxylic acids is 2. The first-order valence-corrected chi connectivity index (χ1v) is 8.02. The third kappa shape index (κ3) is 7.54. The zero-order chi connectivity index (χ0) is 17.2. The predicted octanol–water partition coefficient (Wildman–Crippen LogP) is -0.557. The Hall–Kier alpha value is -1.51. The molecule has 0 radical (unpaired) electrons. The Morgan fingerprint density at radius 3 is 2.22 bits per heavy atom. The lowest BCUT2D eigenvalue weighted by molar-refractivity contribution is -0.140. The van der Waals surface area contributed by atoms with Gasteiger partial charge in [0.05, 0.1) is 19.6 Å². The topological polar surface area (TPSA) is 101 Å². The van der Waals surface area contributed by atoms with Gasteiger partial charge in [-0.3, -0.25) is 24.3 Å². The largest absolute Gasteiger partial charge is 0.480 e. The van der Waals surface area contributed by atoms with Gasteiger partial charge in [0.1, 0.15) is 6.29 Å². The van der Waals surface area contributed by atoms with Gasteiger partial charge in [0.2, 0.25) is 0 Å². The molecule has 1 unspecified atom stereocenters. The van der Waals surface area contributed by atoms with Crippen LogP contribution >= 0.6 is 0 Å². The molecule has 1 heterocycles. The smallest absolute Gasteiger partial charge is 0.317 e. The number of carboxylic acids is 2. The number of nitrogens with zero attached hydrogens (tertiary/aromatic N) is 3. The van der Waals surface area contributed by atoms with Crippen molar-refractivity contribution in [3.05, 3.63) is 0 Å². The molecule has 0 amide bonds. The molecule has 1 rings (SSSR count). The van der Waals surface area contributed by atoms with Crippen molar-refractivity contribution in [2.75, 3.05) is 52.4 Å². The number of aldehydes is 1. The van der Waals surface area contributed by atoms with E-state index < -0.39 is 11.9 Å². The molecule has 0 saturated carbocycles. The molecule has 23 heavy (non-hydrogen) atoms. The highest BCUT2D eigenvalue weighted by atomic mass is 16.4. The molecule has 8 nitrogen and oxygen atoms in total. The van der Waals surface area contributed by atoms with Gasteiger partial charge < -0.3 is 15.0 Å². The van der Waals surface area contributed by atoms with Gasteiger partial charge in [-0.2, -0.15) is 0 Å².